The van der Waals surface area contributed by atoms with E-state index in [2.05, 4.69) is 0 Å². The van der Waals surface area contributed by atoms with Gasteiger partial charge >= 0.3 is 6.18 Å². The fraction of sp³-hybridized carbons (Fsp3) is 0.364. The number of alkyl halides is 3. The van der Waals surface area contributed by atoms with E-state index in [0.717, 1.165) is 12.1 Å². The lowest BCUT2D eigenvalue weighted by Crippen LogP contribution is -2.23. The van der Waals surface area contributed by atoms with Gasteiger partial charge in [-0.1, -0.05) is 25.5 Å². The van der Waals surface area contributed by atoms with Crippen LogP contribution in [0.4, 0.5) is 17.6 Å². The zero-order valence-electron chi connectivity index (χ0n) is 9.15. The van der Waals surface area contributed by atoms with Crippen LogP contribution in [0.2, 0.25) is 0 Å². The average molecular weight is 236 g/mol. The highest BCUT2D eigenvalue weighted by Gasteiger charge is 2.40. The summed E-state index contributed by atoms with van der Waals surface area (Å²) in [5.41, 5.74) is -0.531. The SMILES string of the molecule is CC.Cc1ccc(F)c(C(=O)C(F)(F)F)c1. The first-order valence-corrected chi connectivity index (χ1v) is 4.70. The Morgan fingerprint density at radius 2 is 1.69 bits per heavy atom. The van der Waals surface area contributed by atoms with E-state index >= 15 is 0 Å². The Kier molecular flexibility index (Phi) is 5.14. The van der Waals surface area contributed by atoms with Crippen molar-refractivity contribution < 1.29 is 22.4 Å². The predicted molar refractivity (Wildman–Crippen MR) is 52.9 cm³/mol. The molecule has 0 aliphatic carbocycles. The molecule has 16 heavy (non-hydrogen) atoms. The molecule has 0 radical (unpaired) electrons. The number of ketones is 1. The van der Waals surface area contributed by atoms with Gasteiger partial charge in [-0.25, -0.2) is 4.39 Å². The highest BCUT2D eigenvalue weighted by Crippen LogP contribution is 2.23. The second-order valence-corrected chi connectivity index (χ2v) is 2.81. The van der Waals surface area contributed by atoms with E-state index in [1.54, 1.807) is 0 Å². The normalized spacial score (nSPS) is 10.4. The Morgan fingerprint density at radius 3 is 2.12 bits per heavy atom. The quantitative estimate of drug-likeness (QED) is 0.533. The molecule has 1 rings (SSSR count). The smallest absolute Gasteiger partial charge is 0.284 e. The number of carbonyl (C=O) groups is 1. The van der Waals surface area contributed by atoms with Crippen molar-refractivity contribution in [3.05, 3.63) is 35.1 Å². The molecule has 0 saturated heterocycles. The van der Waals surface area contributed by atoms with Gasteiger partial charge in [0.05, 0.1) is 5.56 Å². The van der Waals surface area contributed by atoms with Crippen LogP contribution in [-0.4, -0.2) is 12.0 Å². The highest BCUT2D eigenvalue weighted by atomic mass is 19.4. The molecule has 0 heterocycles. The summed E-state index contributed by atoms with van der Waals surface area (Å²) in [6.45, 7) is 5.48. The van der Waals surface area contributed by atoms with Crippen molar-refractivity contribution in [2.75, 3.05) is 0 Å². The molecule has 5 heteroatoms. The molecule has 1 nitrogen and oxygen atoms in total. The van der Waals surface area contributed by atoms with E-state index in [1.807, 2.05) is 13.8 Å². The van der Waals surface area contributed by atoms with E-state index in [9.17, 15) is 22.4 Å². The maximum atomic E-state index is 12.8. The first-order valence-electron chi connectivity index (χ1n) is 4.70. The molecular weight excluding hydrogens is 224 g/mol. The van der Waals surface area contributed by atoms with Gasteiger partial charge in [0, 0.05) is 0 Å². The number of rotatable bonds is 1. The fourth-order valence-corrected chi connectivity index (χ4v) is 0.966. The molecule has 1 aromatic carbocycles. The average Bonchev–Trinajstić information content (AvgIpc) is 2.22. The predicted octanol–water partition coefficient (Wildman–Crippen LogP) is 3.91. The minimum absolute atomic E-state index is 0.402. The first-order chi connectivity index (χ1) is 7.32. The third kappa shape index (κ3) is 3.64. The molecule has 0 bridgehead atoms. The number of halogens is 4. The molecule has 0 N–H and O–H groups in total. The second-order valence-electron chi connectivity index (χ2n) is 2.81. The van der Waals surface area contributed by atoms with Gasteiger partial charge < -0.3 is 0 Å². The molecule has 0 saturated carbocycles. The summed E-state index contributed by atoms with van der Waals surface area (Å²) in [7, 11) is 0. The second kappa shape index (κ2) is 5.63. The van der Waals surface area contributed by atoms with Gasteiger partial charge in [-0.05, 0) is 19.1 Å². The fourth-order valence-electron chi connectivity index (χ4n) is 0.966. The Labute approximate surface area is 91.1 Å². The number of carbonyl (C=O) groups excluding carboxylic acids is 1. The van der Waals surface area contributed by atoms with Gasteiger partial charge in [0.1, 0.15) is 5.82 Å². The van der Waals surface area contributed by atoms with Crippen LogP contribution in [0.3, 0.4) is 0 Å². The van der Waals surface area contributed by atoms with Crippen molar-refractivity contribution in [3.8, 4) is 0 Å². The lowest BCUT2D eigenvalue weighted by molar-refractivity contribution is -0.0887. The highest BCUT2D eigenvalue weighted by molar-refractivity contribution is 6.00. The minimum Gasteiger partial charge on any atom is -0.284 e. The number of Topliss-reactive ketones (excluding diaryl/α,β-unsaturated/α-hetero) is 1. The van der Waals surface area contributed by atoms with Crippen LogP contribution in [0.25, 0.3) is 0 Å². The van der Waals surface area contributed by atoms with E-state index < -0.39 is 23.3 Å². The molecule has 90 valence electrons. The summed E-state index contributed by atoms with van der Waals surface area (Å²) in [5.74, 6) is -3.31. The maximum absolute atomic E-state index is 12.8. The van der Waals surface area contributed by atoms with Gasteiger partial charge in [0.2, 0.25) is 0 Å². The van der Waals surface area contributed by atoms with Crippen LogP contribution in [0, 0.1) is 12.7 Å². The Bertz CT molecular complexity index is 369. The van der Waals surface area contributed by atoms with Crippen LogP contribution in [-0.2, 0) is 0 Å². The summed E-state index contributed by atoms with van der Waals surface area (Å²) in [5, 5.41) is 0. The summed E-state index contributed by atoms with van der Waals surface area (Å²) >= 11 is 0. The molecule has 0 atom stereocenters. The van der Waals surface area contributed by atoms with Crippen molar-refractivity contribution >= 4 is 5.78 Å². The third-order valence-corrected chi connectivity index (χ3v) is 1.62. The van der Waals surface area contributed by atoms with Crippen LogP contribution in [0.15, 0.2) is 18.2 Å². The van der Waals surface area contributed by atoms with Crippen molar-refractivity contribution in [1.29, 1.82) is 0 Å². The van der Waals surface area contributed by atoms with Gasteiger partial charge in [-0.3, -0.25) is 4.79 Å². The molecular formula is C11H12F4O. The van der Waals surface area contributed by atoms with Gasteiger partial charge in [-0.15, -0.1) is 0 Å². The van der Waals surface area contributed by atoms with Gasteiger partial charge in [0.25, 0.3) is 5.78 Å². The monoisotopic (exact) mass is 236 g/mol. The van der Waals surface area contributed by atoms with E-state index in [0.29, 0.717) is 5.56 Å². The molecule has 0 aromatic heterocycles. The van der Waals surface area contributed by atoms with Crippen LogP contribution in [0.5, 0.6) is 0 Å². The van der Waals surface area contributed by atoms with Crippen LogP contribution in [0.1, 0.15) is 29.8 Å². The number of benzene rings is 1. The molecule has 0 unspecified atom stereocenters. The summed E-state index contributed by atoms with van der Waals surface area (Å²) in [6, 6.07) is 3.02. The third-order valence-electron chi connectivity index (χ3n) is 1.62. The first kappa shape index (κ1) is 14.6. The molecule has 0 spiro atoms. The lowest BCUT2D eigenvalue weighted by atomic mass is 10.1. The minimum atomic E-state index is -5.03. The molecule has 0 fully saturated rings. The lowest BCUT2D eigenvalue weighted by Gasteiger charge is -2.06. The van der Waals surface area contributed by atoms with Crippen molar-refractivity contribution in [2.24, 2.45) is 0 Å². The van der Waals surface area contributed by atoms with Crippen molar-refractivity contribution in [3.63, 3.8) is 0 Å². The zero-order valence-corrected chi connectivity index (χ0v) is 9.15. The van der Waals surface area contributed by atoms with E-state index in [1.165, 1.54) is 13.0 Å². The van der Waals surface area contributed by atoms with Crippen molar-refractivity contribution in [1.82, 2.24) is 0 Å². The Balaban J connectivity index is 0.00000106. The molecule has 0 aliphatic rings. The topological polar surface area (TPSA) is 17.1 Å². The largest absolute Gasteiger partial charge is 0.454 e. The standard InChI is InChI=1S/C9H6F4O.C2H6/c1-5-2-3-7(10)6(4-5)8(14)9(11,12)13;1-2/h2-4H,1H3;1-2H3. The molecule has 0 aliphatic heterocycles. The Hall–Kier alpha value is -1.39. The van der Waals surface area contributed by atoms with Crippen LogP contribution < -0.4 is 0 Å². The number of hydrogen-bond acceptors (Lipinski definition) is 1. The molecule has 0 amide bonds. The van der Waals surface area contributed by atoms with E-state index in [4.69, 9.17) is 0 Å². The maximum Gasteiger partial charge on any atom is 0.454 e. The molecule has 1 aromatic rings. The summed E-state index contributed by atoms with van der Waals surface area (Å²) in [4.78, 5) is 10.7. The summed E-state index contributed by atoms with van der Waals surface area (Å²) in [6.07, 6.45) is -5.03. The zero-order chi connectivity index (χ0) is 12.9. The van der Waals surface area contributed by atoms with Crippen molar-refractivity contribution in [2.45, 2.75) is 26.9 Å². The number of aryl methyl sites for hydroxylation is 1. The van der Waals surface area contributed by atoms with Gasteiger partial charge in [-0.2, -0.15) is 13.2 Å². The van der Waals surface area contributed by atoms with Crippen LogP contribution >= 0.6 is 0 Å². The van der Waals surface area contributed by atoms with E-state index in [-0.39, 0.29) is 0 Å². The van der Waals surface area contributed by atoms with Gasteiger partial charge in [0.15, 0.2) is 0 Å². The number of hydrogen-bond donors (Lipinski definition) is 0. The Morgan fingerprint density at radius 1 is 1.19 bits per heavy atom. The summed E-state index contributed by atoms with van der Waals surface area (Å²) < 4.78 is 48.6.